The lowest BCUT2D eigenvalue weighted by Crippen LogP contribution is -2.52. The van der Waals surface area contributed by atoms with E-state index in [4.69, 9.17) is 4.74 Å². The summed E-state index contributed by atoms with van der Waals surface area (Å²) in [4.78, 5) is 16.1. The second-order valence-corrected chi connectivity index (χ2v) is 6.17. The molecule has 5 heteroatoms. The molecule has 1 saturated heterocycles. The number of aliphatic hydroxyl groups is 1. The van der Waals surface area contributed by atoms with E-state index < -0.39 is 5.60 Å². The van der Waals surface area contributed by atoms with Gasteiger partial charge in [0.05, 0.1) is 24.4 Å². The van der Waals surface area contributed by atoms with Crippen molar-refractivity contribution < 1.29 is 14.6 Å². The van der Waals surface area contributed by atoms with Crippen molar-refractivity contribution in [3.8, 4) is 0 Å². The molecule has 0 spiro atoms. The molecule has 5 nitrogen and oxygen atoms in total. The van der Waals surface area contributed by atoms with Crippen LogP contribution in [0.5, 0.6) is 0 Å². The van der Waals surface area contributed by atoms with Crippen molar-refractivity contribution >= 4 is 5.91 Å². The number of amides is 1. The maximum atomic E-state index is 12.3. The predicted octanol–water partition coefficient (Wildman–Crippen LogP) is 0.715. The zero-order valence-electron chi connectivity index (χ0n) is 12.8. The molecule has 0 aromatic carbocycles. The molecule has 0 aliphatic carbocycles. The minimum absolute atomic E-state index is 0.0945. The van der Waals surface area contributed by atoms with Gasteiger partial charge in [-0.05, 0) is 34.2 Å². The zero-order valence-corrected chi connectivity index (χ0v) is 12.8. The maximum Gasteiger partial charge on any atom is 0.236 e. The Labute approximate surface area is 116 Å². The Morgan fingerprint density at radius 3 is 2.32 bits per heavy atom. The van der Waals surface area contributed by atoms with Gasteiger partial charge in [-0.25, -0.2) is 0 Å². The summed E-state index contributed by atoms with van der Waals surface area (Å²) >= 11 is 0. The van der Waals surface area contributed by atoms with Crippen molar-refractivity contribution in [3.05, 3.63) is 0 Å². The van der Waals surface area contributed by atoms with Crippen LogP contribution in [0.3, 0.4) is 0 Å². The lowest BCUT2D eigenvalue weighted by molar-refractivity contribution is -0.144. The van der Waals surface area contributed by atoms with Gasteiger partial charge in [0.1, 0.15) is 0 Å². The third kappa shape index (κ3) is 5.89. The quantitative estimate of drug-likeness (QED) is 0.801. The minimum atomic E-state index is -0.776. The highest BCUT2D eigenvalue weighted by Gasteiger charge is 2.27. The van der Waals surface area contributed by atoms with Gasteiger partial charge in [0.15, 0.2) is 0 Å². The topological polar surface area (TPSA) is 53.0 Å². The van der Waals surface area contributed by atoms with E-state index in [1.165, 1.54) is 0 Å². The Kier molecular flexibility index (Phi) is 5.77. The summed E-state index contributed by atoms with van der Waals surface area (Å²) in [6.07, 6.45) is 0.189. The van der Waals surface area contributed by atoms with Crippen LogP contribution in [0, 0.1) is 0 Å². The van der Waals surface area contributed by atoms with Crippen LogP contribution in [0.25, 0.3) is 0 Å². The van der Waals surface area contributed by atoms with E-state index in [1.807, 2.05) is 30.6 Å². The first-order valence-corrected chi connectivity index (χ1v) is 7.09. The predicted molar refractivity (Wildman–Crippen MR) is 75.0 cm³/mol. The van der Waals surface area contributed by atoms with E-state index >= 15 is 0 Å². The molecule has 1 fully saturated rings. The van der Waals surface area contributed by atoms with Crippen LogP contribution >= 0.6 is 0 Å². The SMILES string of the molecule is CCN(CC(=O)N1C[C@@H](C)O[C@H](C)C1)CC(C)(C)O. The highest BCUT2D eigenvalue weighted by atomic mass is 16.5. The molecule has 1 aliphatic rings. The van der Waals surface area contributed by atoms with Crippen LogP contribution in [0.15, 0.2) is 0 Å². The van der Waals surface area contributed by atoms with E-state index in [2.05, 4.69) is 0 Å². The number of carbonyl (C=O) groups is 1. The molecule has 1 heterocycles. The largest absolute Gasteiger partial charge is 0.389 e. The second-order valence-electron chi connectivity index (χ2n) is 6.17. The van der Waals surface area contributed by atoms with Crippen LogP contribution < -0.4 is 0 Å². The molecule has 0 saturated carbocycles. The van der Waals surface area contributed by atoms with Crippen molar-refractivity contribution in [1.29, 1.82) is 0 Å². The van der Waals surface area contributed by atoms with Gasteiger partial charge in [-0.3, -0.25) is 9.69 Å². The summed E-state index contributed by atoms with van der Waals surface area (Å²) in [7, 11) is 0. The van der Waals surface area contributed by atoms with E-state index in [-0.39, 0.29) is 18.1 Å². The minimum Gasteiger partial charge on any atom is -0.389 e. The van der Waals surface area contributed by atoms with Gasteiger partial charge >= 0.3 is 0 Å². The van der Waals surface area contributed by atoms with Crippen molar-refractivity contribution in [2.75, 3.05) is 32.7 Å². The summed E-state index contributed by atoms with van der Waals surface area (Å²) in [6.45, 7) is 12.4. The van der Waals surface area contributed by atoms with E-state index in [0.717, 1.165) is 6.54 Å². The molecule has 19 heavy (non-hydrogen) atoms. The number of carbonyl (C=O) groups excluding carboxylic acids is 1. The first kappa shape index (κ1) is 16.4. The average molecular weight is 272 g/mol. The lowest BCUT2D eigenvalue weighted by atomic mass is 10.1. The highest BCUT2D eigenvalue weighted by molar-refractivity contribution is 5.78. The molecule has 1 amide bonds. The smallest absolute Gasteiger partial charge is 0.236 e. The first-order chi connectivity index (χ1) is 8.71. The molecule has 1 aliphatic heterocycles. The maximum absolute atomic E-state index is 12.3. The number of morpholine rings is 1. The lowest BCUT2D eigenvalue weighted by Gasteiger charge is -2.37. The number of rotatable bonds is 5. The normalized spacial score (nSPS) is 24.9. The number of nitrogens with zero attached hydrogens (tertiary/aromatic N) is 2. The van der Waals surface area contributed by atoms with Crippen molar-refractivity contribution in [2.24, 2.45) is 0 Å². The van der Waals surface area contributed by atoms with Gasteiger partial charge < -0.3 is 14.7 Å². The van der Waals surface area contributed by atoms with E-state index in [1.54, 1.807) is 13.8 Å². The molecule has 0 aromatic heterocycles. The molecular formula is C14H28N2O3. The van der Waals surface area contributed by atoms with Gasteiger partial charge in [-0.2, -0.15) is 0 Å². The number of hydrogen-bond acceptors (Lipinski definition) is 4. The summed E-state index contributed by atoms with van der Waals surface area (Å²) < 4.78 is 5.63. The van der Waals surface area contributed by atoms with Gasteiger partial charge in [0.25, 0.3) is 0 Å². The molecule has 2 atom stereocenters. The number of ether oxygens (including phenoxy) is 1. The third-order valence-electron chi connectivity index (χ3n) is 3.19. The Morgan fingerprint density at radius 2 is 1.89 bits per heavy atom. The number of hydrogen-bond donors (Lipinski definition) is 1. The fraction of sp³-hybridized carbons (Fsp3) is 0.929. The second kappa shape index (κ2) is 6.68. The Bertz CT molecular complexity index is 292. The molecule has 1 rings (SSSR count). The van der Waals surface area contributed by atoms with Gasteiger partial charge in [-0.1, -0.05) is 6.92 Å². The molecule has 0 radical (unpaired) electrons. The van der Waals surface area contributed by atoms with Crippen LogP contribution in [0.2, 0.25) is 0 Å². The summed E-state index contributed by atoms with van der Waals surface area (Å²) in [5.41, 5.74) is -0.776. The van der Waals surface area contributed by atoms with Crippen LogP contribution in [0.4, 0.5) is 0 Å². The van der Waals surface area contributed by atoms with Gasteiger partial charge in [0, 0.05) is 19.6 Å². The van der Waals surface area contributed by atoms with Crippen LogP contribution in [0.1, 0.15) is 34.6 Å². The molecule has 0 bridgehead atoms. The standard InChI is InChI=1S/C14H28N2O3/c1-6-15(10-14(4,5)18)9-13(17)16-7-11(2)19-12(3)8-16/h11-12,18H,6-10H2,1-5H3/t11-,12-/m1/s1. The average Bonchev–Trinajstić information content (AvgIpc) is 2.24. The fourth-order valence-electron chi connectivity index (χ4n) is 2.50. The summed E-state index contributed by atoms with van der Waals surface area (Å²) in [5, 5.41) is 9.84. The zero-order chi connectivity index (χ0) is 14.6. The van der Waals surface area contributed by atoms with E-state index in [9.17, 15) is 9.90 Å². The van der Waals surface area contributed by atoms with Crippen molar-refractivity contribution in [3.63, 3.8) is 0 Å². The molecule has 112 valence electrons. The monoisotopic (exact) mass is 272 g/mol. The molecule has 1 N–H and O–H groups in total. The highest BCUT2D eigenvalue weighted by Crippen LogP contribution is 2.12. The molecule has 0 aromatic rings. The summed E-state index contributed by atoms with van der Waals surface area (Å²) in [6, 6.07) is 0. The summed E-state index contributed by atoms with van der Waals surface area (Å²) in [5.74, 6) is 0.119. The van der Waals surface area contributed by atoms with Crippen molar-refractivity contribution in [2.45, 2.75) is 52.4 Å². The molecular weight excluding hydrogens is 244 g/mol. The fourth-order valence-corrected chi connectivity index (χ4v) is 2.50. The Balaban J connectivity index is 2.52. The van der Waals surface area contributed by atoms with E-state index in [0.29, 0.717) is 26.2 Å². The van der Waals surface area contributed by atoms with Gasteiger partial charge in [-0.15, -0.1) is 0 Å². The number of likely N-dealkylation sites (N-methyl/N-ethyl adjacent to an activating group) is 1. The molecule has 0 unspecified atom stereocenters. The third-order valence-corrected chi connectivity index (χ3v) is 3.19. The Hall–Kier alpha value is -0.650. The first-order valence-electron chi connectivity index (χ1n) is 7.09. The van der Waals surface area contributed by atoms with Crippen molar-refractivity contribution in [1.82, 2.24) is 9.80 Å². The Morgan fingerprint density at radius 1 is 1.37 bits per heavy atom. The van der Waals surface area contributed by atoms with Gasteiger partial charge in [0.2, 0.25) is 5.91 Å². The van der Waals surface area contributed by atoms with Crippen LogP contribution in [-0.2, 0) is 9.53 Å². The van der Waals surface area contributed by atoms with Crippen LogP contribution in [-0.4, -0.2) is 71.3 Å².